The molecule has 1 unspecified atom stereocenters. The van der Waals surface area contributed by atoms with Crippen molar-refractivity contribution in [2.45, 2.75) is 25.0 Å². The first-order chi connectivity index (χ1) is 17.2. The van der Waals surface area contributed by atoms with E-state index in [1.807, 2.05) is 0 Å². The predicted octanol–water partition coefficient (Wildman–Crippen LogP) is 6.87. The van der Waals surface area contributed by atoms with Crippen molar-refractivity contribution in [3.8, 4) is 5.75 Å². The van der Waals surface area contributed by atoms with E-state index in [9.17, 15) is 9.59 Å². The molecule has 1 fully saturated rings. The van der Waals surface area contributed by atoms with E-state index >= 15 is 8.78 Å². The summed E-state index contributed by atoms with van der Waals surface area (Å²) in [5.41, 5.74) is 0.520. The summed E-state index contributed by atoms with van der Waals surface area (Å²) in [5.74, 6) is -4.57. The fourth-order valence-electron chi connectivity index (χ4n) is 4.12. The van der Waals surface area contributed by atoms with Gasteiger partial charge in [-0.1, -0.05) is 53.0 Å². The minimum atomic E-state index is -1.38. The van der Waals surface area contributed by atoms with Gasteiger partial charge in [0.05, 0.1) is 12.7 Å². The molecule has 3 aromatic carbocycles. The zero-order valence-electron chi connectivity index (χ0n) is 18.9. The zero-order valence-corrected chi connectivity index (χ0v) is 21.2. The molecule has 2 atom stereocenters. The number of halogens is 5. The number of carbonyl (C=O) groups excluding carboxylic acids is 2. The molecule has 0 N–H and O–H groups in total. The summed E-state index contributed by atoms with van der Waals surface area (Å²) in [6, 6.07) is 12.8. The summed E-state index contributed by atoms with van der Waals surface area (Å²) < 4.78 is 41.0. The summed E-state index contributed by atoms with van der Waals surface area (Å²) in [7, 11) is 1.21. The Morgan fingerprint density at radius 2 is 1.67 bits per heavy atom. The van der Waals surface area contributed by atoms with Crippen LogP contribution in [0.1, 0.15) is 40.4 Å². The Hall–Kier alpha value is -2.87. The van der Waals surface area contributed by atoms with Gasteiger partial charge in [-0.25, -0.2) is 9.18 Å². The fourth-order valence-corrected chi connectivity index (χ4v) is 4.76. The summed E-state index contributed by atoms with van der Waals surface area (Å²) in [6.07, 6.45) is -0.0137. The molecule has 1 aliphatic rings. The van der Waals surface area contributed by atoms with Crippen LogP contribution < -0.4 is 4.74 Å². The molecule has 188 valence electrons. The molecule has 1 saturated heterocycles. The van der Waals surface area contributed by atoms with Gasteiger partial charge in [0.1, 0.15) is 6.04 Å². The van der Waals surface area contributed by atoms with Crippen molar-refractivity contribution < 1.29 is 27.8 Å². The molecule has 3 aromatic rings. The van der Waals surface area contributed by atoms with Gasteiger partial charge in [0.2, 0.25) is 5.82 Å². The van der Waals surface area contributed by atoms with E-state index in [-0.39, 0.29) is 11.6 Å². The molecule has 1 heterocycles. The SMILES string of the molecule is COC(=O)[C@@H]1CCCN1C(=O)c1ccc(OC(c2ccc(Cl)cc2)c2ccc(Cl)cc2Cl)c(F)c1F. The average molecular weight is 555 g/mol. The maximum absolute atomic E-state index is 15.2. The van der Waals surface area contributed by atoms with Crippen LogP contribution in [0, 0.1) is 11.6 Å². The Balaban J connectivity index is 1.68. The van der Waals surface area contributed by atoms with Crippen LogP contribution in [0.3, 0.4) is 0 Å². The predicted molar refractivity (Wildman–Crippen MR) is 133 cm³/mol. The highest BCUT2D eigenvalue weighted by Crippen LogP contribution is 2.36. The van der Waals surface area contributed by atoms with Crippen molar-refractivity contribution in [1.29, 1.82) is 0 Å². The van der Waals surface area contributed by atoms with Crippen molar-refractivity contribution >= 4 is 46.7 Å². The highest BCUT2D eigenvalue weighted by molar-refractivity contribution is 6.35. The molecule has 36 heavy (non-hydrogen) atoms. The lowest BCUT2D eigenvalue weighted by Gasteiger charge is -2.24. The number of likely N-dealkylation sites (tertiary alicyclic amines) is 1. The number of hydrogen-bond donors (Lipinski definition) is 0. The van der Waals surface area contributed by atoms with Gasteiger partial charge in [-0.05, 0) is 54.8 Å². The molecular weight excluding hydrogens is 535 g/mol. The Morgan fingerprint density at radius 1 is 0.972 bits per heavy atom. The van der Waals surface area contributed by atoms with Crippen LogP contribution in [0.25, 0.3) is 0 Å². The third kappa shape index (κ3) is 5.28. The largest absolute Gasteiger partial charge is 0.478 e. The van der Waals surface area contributed by atoms with E-state index in [0.29, 0.717) is 34.0 Å². The molecule has 1 aliphatic heterocycles. The van der Waals surface area contributed by atoms with E-state index in [1.165, 1.54) is 24.1 Å². The Morgan fingerprint density at radius 3 is 2.33 bits per heavy atom. The lowest BCUT2D eigenvalue weighted by molar-refractivity contribution is -0.145. The Kier molecular flexibility index (Phi) is 8.03. The van der Waals surface area contributed by atoms with Gasteiger partial charge >= 0.3 is 5.97 Å². The minimum absolute atomic E-state index is 0.228. The molecular formula is C26H20Cl3F2NO4. The fraction of sp³-hybridized carbons (Fsp3) is 0.231. The molecule has 10 heteroatoms. The number of amides is 1. The number of nitrogens with zero attached hydrogens (tertiary/aromatic N) is 1. The van der Waals surface area contributed by atoms with E-state index in [4.69, 9.17) is 44.3 Å². The molecule has 0 aromatic heterocycles. The zero-order chi connectivity index (χ0) is 26.0. The van der Waals surface area contributed by atoms with Gasteiger partial charge in [-0.3, -0.25) is 4.79 Å². The number of benzene rings is 3. The van der Waals surface area contributed by atoms with Crippen molar-refractivity contribution in [2.75, 3.05) is 13.7 Å². The second-order valence-electron chi connectivity index (χ2n) is 8.13. The van der Waals surface area contributed by atoms with E-state index in [1.54, 1.807) is 36.4 Å². The Labute approximate surface area is 221 Å². The molecule has 0 spiro atoms. The second kappa shape index (κ2) is 11.0. The van der Waals surface area contributed by atoms with Crippen LogP contribution in [0.5, 0.6) is 5.75 Å². The summed E-state index contributed by atoms with van der Waals surface area (Å²) in [6.45, 7) is 0.228. The summed E-state index contributed by atoms with van der Waals surface area (Å²) >= 11 is 18.4. The molecule has 5 nitrogen and oxygen atoms in total. The lowest BCUT2D eigenvalue weighted by Crippen LogP contribution is -2.41. The molecule has 0 bridgehead atoms. The number of ether oxygens (including phenoxy) is 2. The molecule has 0 saturated carbocycles. The molecule has 0 radical (unpaired) electrons. The number of rotatable bonds is 6. The van der Waals surface area contributed by atoms with E-state index < -0.39 is 47.0 Å². The van der Waals surface area contributed by atoms with Gasteiger partial charge in [0.25, 0.3) is 5.91 Å². The van der Waals surface area contributed by atoms with Crippen molar-refractivity contribution in [3.63, 3.8) is 0 Å². The highest BCUT2D eigenvalue weighted by Gasteiger charge is 2.37. The number of esters is 1. The summed E-state index contributed by atoms with van der Waals surface area (Å²) in [5, 5.41) is 1.14. The average Bonchev–Trinajstić information content (AvgIpc) is 3.35. The standard InChI is InChI=1S/C26H20Cl3F2NO4/c1-35-26(34)20-3-2-12-32(20)25(33)18-10-11-21(23(31)22(18)30)36-24(14-4-6-15(27)7-5-14)17-9-8-16(28)13-19(17)29/h4-11,13,20,24H,2-3,12H2,1H3/t20-,24?/m0/s1. The van der Waals surface area contributed by atoms with Crippen molar-refractivity contribution in [3.05, 3.63) is 98.0 Å². The van der Waals surface area contributed by atoms with Crippen LogP contribution in [-0.4, -0.2) is 36.5 Å². The highest BCUT2D eigenvalue weighted by atomic mass is 35.5. The molecule has 0 aliphatic carbocycles. The number of methoxy groups -OCH3 is 1. The van der Waals surface area contributed by atoms with Gasteiger partial charge in [0.15, 0.2) is 17.7 Å². The van der Waals surface area contributed by atoms with Crippen LogP contribution in [0.2, 0.25) is 15.1 Å². The normalized spacial score (nSPS) is 16.1. The third-order valence-electron chi connectivity index (χ3n) is 5.93. The Bertz CT molecular complexity index is 1300. The van der Waals surface area contributed by atoms with Gasteiger partial charge < -0.3 is 14.4 Å². The topological polar surface area (TPSA) is 55.8 Å². The van der Waals surface area contributed by atoms with Gasteiger partial charge in [0, 0.05) is 27.2 Å². The van der Waals surface area contributed by atoms with Crippen molar-refractivity contribution in [2.24, 2.45) is 0 Å². The number of hydrogen-bond acceptors (Lipinski definition) is 4. The maximum atomic E-state index is 15.2. The van der Waals surface area contributed by atoms with Crippen LogP contribution >= 0.6 is 34.8 Å². The quantitative estimate of drug-likeness (QED) is 0.312. The lowest BCUT2D eigenvalue weighted by atomic mass is 10.0. The molecule has 4 rings (SSSR count). The monoisotopic (exact) mass is 553 g/mol. The number of carbonyl (C=O) groups is 2. The first kappa shape index (κ1) is 26.2. The van der Waals surface area contributed by atoms with Crippen LogP contribution in [0.15, 0.2) is 54.6 Å². The van der Waals surface area contributed by atoms with E-state index in [2.05, 4.69) is 0 Å². The van der Waals surface area contributed by atoms with Gasteiger partial charge in [-0.2, -0.15) is 4.39 Å². The smallest absolute Gasteiger partial charge is 0.328 e. The van der Waals surface area contributed by atoms with Crippen LogP contribution in [0.4, 0.5) is 8.78 Å². The third-order valence-corrected chi connectivity index (χ3v) is 6.74. The van der Waals surface area contributed by atoms with Crippen molar-refractivity contribution in [1.82, 2.24) is 4.90 Å². The first-order valence-electron chi connectivity index (χ1n) is 10.9. The second-order valence-corrected chi connectivity index (χ2v) is 9.41. The molecule has 1 amide bonds. The summed E-state index contributed by atoms with van der Waals surface area (Å²) in [4.78, 5) is 26.1. The van der Waals surface area contributed by atoms with E-state index in [0.717, 1.165) is 6.07 Å². The maximum Gasteiger partial charge on any atom is 0.328 e. The van der Waals surface area contributed by atoms with Crippen LogP contribution in [-0.2, 0) is 9.53 Å². The first-order valence-corrected chi connectivity index (χ1v) is 12.1. The minimum Gasteiger partial charge on any atom is -0.478 e. The van der Waals surface area contributed by atoms with Gasteiger partial charge in [-0.15, -0.1) is 0 Å².